The van der Waals surface area contributed by atoms with Gasteiger partial charge in [-0.1, -0.05) is 23.8 Å². The molecule has 0 unspecified atom stereocenters. The highest BCUT2D eigenvalue weighted by atomic mass is 16.3. The third-order valence-corrected chi connectivity index (χ3v) is 2.16. The summed E-state index contributed by atoms with van der Waals surface area (Å²) in [6.07, 6.45) is 3.29. The van der Waals surface area contributed by atoms with Gasteiger partial charge in [0.15, 0.2) is 5.82 Å². The minimum atomic E-state index is -0.0197. The predicted octanol–water partition coefficient (Wildman–Crippen LogP) is 1.94. The highest BCUT2D eigenvalue weighted by molar-refractivity contribution is 5.55. The summed E-state index contributed by atoms with van der Waals surface area (Å²) < 4.78 is 0. The van der Waals surface area contributed by atoms with Crippen LogP contribution in [-0.4, -0.2) is 15.1 Å². The zero-order valence-corrected chi connectivity index (χ0v) is 8.51. The molecule has 1 aromatic carbocycles. The standard InChI is InChI=1S/C12H12N2O/c1-9-3-2-4-11(5-9)12-13-6-10(8-15)7-14-12/h2-7,15H,8H2,1H3. The summed E-state index contributed by atoms with van der Waals surface area (Å²) >= 11 is 0. The fourth-order valence-electron chi connectivity index (χ4n) is 1.37. The van der Waals surface area contributed by atoms with Gasteiger partial charge in [0.25, 0.3) is 0 Å². The third-order valence-electron chi connectivity index (χ3n) is 2.16. The molecule has 15 heavy (non-hydrogen) atoms. The fourth-order valence-corrected chi connectivity index (χ4v) is 1.37. The zero-order chi connectivity index (χ0) is 10.7. The summed E-state index contributed by atoms with van der Waals surface area (Å²) in [6, 6.07) is 8.02. The number of rotatable bonds is 2. The molecule has 2 rings (SSSR count). The van der Waals surface area contributed by atoms with Crippen LogP contribution >= 0.6 is 0 Å². The van der Waals surface area contributed by atoms with Crippen molar-refractivity contribution >= 4 is 0 Å². The Kier molecular flexibility index (Phi) is 2.74. The van der Waals surface area contributed by atoms with E-state index >= 15 is 0 Å². The largest absolute Gasteiger partial charge is 0.392 e. The van der Waals surface area contributed by atoms with Gasteiger partial charge in [-0.3, -0.25) is 0 Å². The maximum Gasteiger partial charge on any atom is 0.159 e. The van der Waals surface area contributed by atoms with Gasteiger partial charge in [0.2, 0.25) is 0 Å². The van der Waals surface area contributed by atoms with Crippen LogP contribution in [0.1, 0.15) is 11.1 Å². The van der Waals surface area contributed by atoms with Gasteiger partial charge in [0, 0.05) is 23.5 Å². The molecule has 1 aromatic heterocycles. The lowest BCUT2D eigenvalue weighted by atomic mass is 10.1. The van der Waals surface area contributed by atoms with E-state index in [0.717, 1.165) is 11.1 Å². The minimum Gasteiger partial charge on any atom is -0.392 e. The Hall–Kier alpha value is -1.74. The molecule has 3 heteroatoms. The maximum absolute atomic E-state index is 8.86. The maximum atomic E-state index is 8.86. The lowest BCUT2D eigenvalue weighted by Crippen LogP contribution is -1.92. The molecule has 0 radical (unpaired) electrons. The number of nitrogens with zero attached hydrogens (tertiary/aromatic N) is 2. The lowest BCUT2D eigenvalue weighted by molar-refractivity contribution is 0.281. The van der Waals surface area contributed by atoms with Crippen molar-refractivity contribution in [3.05, 3.63) is 47.8 Å². The first-order valence-electron chi connectivity index (χ1n) is 4.78. The van der Waals surface area contributed by atoms with E-state index in [9.17, 15) is 0 Å². The molecule has 0 bridgehead atoms. The van der Waals surface area contributed by atoms with Crippen molar-refractivity contribution in [2.24, 2.45) is 0 Å². The quantitative estimate of drug-likeness (QED) is 0.805. The summed E-state index contributed by atoms with van der Waals surface area (Å²) in [7, 11) is 0. The number of aryl methyl sites for hydroxylation is 1. The predicted molar refractivity (Wildman–Crippen MR) is 58.1 cm³/mol. The average Bonchev–Trinajstić information content (AvgIpc) is 2.29. The van der Waals surface area contributed by atoms with E-state index in [0.29, 0.717) is 5.82 Å². The second kappa shape index (κ2) is 4.19. The fraction of sp³-hybridized carbons (Fsp3) is 0.167. The minimum absolute atomic E-state index is 0.0197. The molecule has 0 spiro atoms. The molecule has 1 heterocycles. The molecule has 0 saturated carbocycles. The smallest absolute Gasteiger partial charge is 0.159 e. The van der Waals surface area contributed by atoms with Crippen LogP contribution in [0.15, 0.2) is 36.7 Å². The van der Waals surface area contributed by atoms with Crippen molar-refractivity contribution in [3.63, 3.8) is 0 Å². The number of hydrogen-bond acceptors (Lipinski definition) is 3. The Labute approximate surface area is 88.5 Å². The van der Waals surface area contributed by atoms with Gasteiger partial charge >= 0.3 is 0 Å². The Morgan fingerprint density at radius 1 is 1.20 bits per heavy atom. The topological polar surface area (TPSA) is 46.0 Å². The monoisotopic (exact) mass is 200 g/mol. The van der Waals surface area contributed by atoms with Crippen LogP contribution in [0.4, 0.5) is 0 Å². The molecule has 2 aromatic rings. The van der Waals surface area contributed by atoms with Crippen molar-refractivity contribution in [2.45, 2.75) is 13.5 Å². The average molecular weight is 200 g/mol. The summed E-state index contributed by atoms with van der Waals surface area (Å²) in [5, 5.41) is 8.86. The molecular formula is C12H12N2O. The van der Waals surface area contributed by atoms with Crippen LogP contribution in [0.5, 0.6) is 0 Å². The van der Waals surface area contributed by atoms with E-state index < -0.39 is 0 Å². The summed E-state index contributed by atoms with van der Waals surface area (Å²) in [5.74, 6) is 0.691. The Morgan fingerprint density at radius 3 is 2.53 bits per heavy atom. The van der Waals surface area contributed by atoms with Crippen LogP contribution < -0.4 is 0 Å². The number of aliphatic hydroxyl groups excluding tert-OH is 1. The Bertz CT molecular complexity index is 451. The van der Waals surface area contributed by atoms with Crippen LogP contribution in [-0.2, 0) is 6.61 Å². The van der Waals surface area contributed by atoms with Gasteiger partial charge in [-0.2, -0.15) is 0 Å². The third kappa shape index (κ3) is 2.19. The molecule has 3 nitrogen and oxygen atoms in total. The van der Waals surface area contributed by atoms with Gasteiger partial charge in [-0.05, 0) is 13.0 Å². The molecular weight excluding hydrogens is 188 g/mol. The van der Waals surface area contributed by atoms with Gasteiger partial charge in [-0.15, -0.1) is 0 Å². The molecule has 0 amide bonds. The molecule has 0 saturated heterocycles. The highest BCUT2D eigenvalue weighted by Gasteiger charge is 2.00. The molecule has 76 valence electrons. The molecule has 0 fully saturated rings. The van der Waals surface area contributed by atoms with E-state index in [4.69, 9.17) is 5.11 Å². The second-order valence-corrected chi connectivity index (χ2v) is 3.44. The van der Waals surface area contributed by atoms with Crippen LogP contribution in [0.25, 0.3) is 11.4 Å². The summed E-state index contributed by atoms with van der Waals surface area (Å²) in [6.45, 7) is 2.01. The normalized spacial score (nSPS) is 10.3. The van der Waals surface area contributed by atoms with Gasteiger partial charge < -0.3 is 5.11 Å². The molecule has 0 aliphatic heterocycles. The number of aromatic nitrogens is 2. The lowest BCUT2D eigenvalue weighted by Gasteiger charge is -2.01. The summed E-state index contributed by atoms with van der Waals surface area (Å²) in [5.41, 5.74) is 2.91. The highest BCUT2D eigenvalue weighted by Crippen LogP contribution is 2.15. The molecule has 0 aliphatic carbocycles. The SMILES string of the molecule is Cc1cccc(-c2ncc(CO)cn2)c1. The second-order valence-electron chi connectivity index (χ2n) is 3.44. The van der Waals surface area contributed by atoms with Crippen molar-refractivity contribution < 1.29 is 5.11 Å². The van der Waals surface area contributed by atoms with Gasteiger partial charge in [0.1, 0.15) is 0 Å². The molecule has 0 aliphatic rings. The van der Waals surface area contributed by atoms with Crippen molar-refractivity contribution in [3.8, 4) is 11.4 Å². The number of benzene rings is 1. The molecule has 0 atom stereocenters. The number of aliphatic hydroxyl groups is 1. The van der Waals surface area contributed by atoms with E-state index in [1.54, 1.807) is 12.4 Å². The first kappa shape index (κ1) is 9.80. The first-order valence-corrected chi connectivity index (χ1v) is 4.78. The van der Waals surface area contributed by atoms with Crippen molar-refractivity contribution in [2.75, 3.05) is 0 Å². The Balaban J connectivity index is 2.37. The molecule has 1 N–H and O–H groups in total. The van der Waals surface area contributed by atoms with Crippen molar-refractivity contribution in [1.29, 1.82) is 0 Å². The Morgan fingerprint density at radius 2 is 1.93 bits per heavy atom. The van der Waals surface area contributed by atoms with Crippen LogP contribution in [0.3, 0.4) is 0 Å². The van der Waals surface area contributed by atoms with E-state index in [2.05, 4.69) is 9.97 Å². The van der Waals surface area contributed by atoms with E-state index in [1.807, 2.05) is 31.2 Å². The number of hydrogen-bond donors (Lipinski definition) is 1. The van der Waals surface area contributed by atoms with E-state index in [1.165, 1.54) is 5.56 Å². The van der Waals surface area contributed by atoms with Crippen LogP contribution in [0.2, 0.25) is 0 Å². The first-order chi connectivity index (χ1) is 7.29. The van der Waals surface area contributed by atoms with Gasteiger partial charge in [0.05, 0.1) is 6.61 Å². The van der Waals surface area contributed by atoms with Crippen LogP contribution in [0, 0.1) is 6.92 Å². The van der Waals surface area contributed by atoms with Crippen molar-refractivity contribution in [1.82, 2.24) is 9.97 Å². The summed E-state index contributed by atoms with van der Waals surface area (Å²) in [4.78, 5) is 8.38. The van der Waals surface area contributed by atoms with Gasteiger partial charge in [-0.25, -0.2) is 9.97 Å². The zero-order valence-electron chi connectivity index (χ0n) is 8.51. The van der Waals surface area contributed by atoms with E-state index in [-0.39, 0.29) is 6.61 Å².